The van der Waals surface area contributed by atoms with Crippen LogP contribution >= 0.6 is 0 Å². The smallest absolute Gasteiger partial charge is 0.312 e. The summed E-state index contributed by atoms with van der Waals surface area (Å²) in [6.07, 6.45) is 8.06. The Bertz CT molecular complexity index is 1390. The first-order chi connectivity index (χ1) is 19.6. The first-order valence-corrected chi connectivity index (χ1v) is 16.3. The molecule has 5 fully saturated rings. The molecule has 6 aliphatic rings. The van der Waals surface area contributed by atoms with Crippen molar-refractivity contribution in [2.75, 3.05) is 0 Å². The second-order valence-corrected chi connectivity index (χ2v) is 16.7. The average Bonchev–Trinajstić information content (AvgIpc) is 3.75. The first-order valence-electron chi connectivity index (χ1n) is 16.3. The molecule has 0 amide bonds. The van der Waals surface area contributed by atoms with Crippen molar-refractivity contribution in [3.63, 3.8) is 0 Å². The van der Waals surface area contributed by atoms with E-state index in [1.807, 2.05) is 36.4 Å². The predicted octanol–water partition coefficient (Wildman–Crippen LogP) is 7.27. The fourth-order valence-corrected chi connectivity index (χ4v) is 11.4. The van der Waals surface area contributed by atoms with Crippen LogP contribution in [0.25, 0.3) is 0 Å². The summed E-state index contributed by atoms with van der Waals surface area (Å²) in [7, 11) is 0. The Labute approximate surface area is 251 Å². The van der Waals surface area contributed by atoms with Crippen molar-refractivity contribution < 1.29 is 23.9 Å². The van der Waals surface area contributed by atoms with Gasteiger partial charge in [0.15, 0.2) is 11.6 Å². The quantitative estimate of drug-likeness (QED) is 0.281. The van der Waals surface area contributed by atoms with Crippen LogP contribution < -0.4 is 0 Å². The molecule has 1 aliphatic heterocycles. The Morgan fingerprint density at radius 1 is 0.929 bits per heavy atom. The standard InChI is InChI=1S/C37H48O5/c1-32(2)26-13-14-36(6)28(37(26,7)30-27(42-30)29(32)39)25(38)19-23-24-20-34(4,16-15-33(24,3)17-18-35(23,36)5)31(40)41-21-22-11-9-8-10-12-22/h8-12,19,24,26-28,30H,13-18,20-21H2,1-7H3/t24?,26?,27-,28?,30-,33-,34+,35-,36-,37+/m1/s1. The van der Waals surface area contributed by atoms with E-state index < -0.39 is 10.8 Å². The molecule has 0 radical (unpaired) electrons. The maximum absolute atomic E-state index is 14.6. The molecule has 3 unspecified atom stereocenters. The highest BCUT2D eigenvalue weighted by atomic mass is 16.6. The van der Waals surface area contributed by atoms with Gasteiger partial charge in [-0.2, -0.15) is 0 Å². The van der Waals surface area contributed by atoms with Crippen molar-refractivity contribution in [2.24, 2.45) is 50.2 Å². The summed E-state index contributed by atoms with van der Waals surface area (Å²) in [6, 6.07) is 9.88. The Morgan fingerprint density at radius 2 is 1.62 bits per heavy atom. The summed E-state index contributed by atoms with van der Waals surface area (Å²) < 4.78 is 12.1. The molecule has 0 aromatic heterocycles. The number of rotatable bonds is 3. The topological polar surface area (TPSA) is 73.0 Å². The van der Waals surface area contributed by atoms with E-state index in [4.69, 9.17) is 9.47 Å². The van der Waals surface area contributed by atoms with Crippen LogP contribution in [0.15, 0.2) is 42.0 Å². The van der Waals surface area contributed by atoms with Crippen molar-refractivity contribution in [2.45, 2.75) is 112 Å². The van der Waals surface area contributed by atoms with Gasteiger partial charge in [-0.3, -0.25) is 14.4 Å². The molecule has 226 valence electrons. The summed E-state index contributed by atoms with van der Waals surface area (Å²) in [5.74, 6) is 0.452. The van der Waals surface area contributed by atoms with Crippen molar-refractivity contribution in [1.82, 2.24) is 0 Å². The summed E-state index contributed by atoms with van der Waals surface area (Å²) in [6.45, 7) is 16.0. The number of Topliss-reactive ketones (excluding diaryl/α,β-unsaturated/α-hetero) is 1. The highest BCUT2D eigenvalue weighted by Gasteiger charge is 2.77. The molecule has 1 saturated heterocycles. The molecule has 1 heterocycles. The van der Waals surface area contributed by atoms with E-state index in [0.29, 0.717) is 6.61 Å². The minimum atomic E-state index is -0.578. The molecule has 0 N–H and O–H groups in total. The Morgan fingerprint density at radius 3 is 2.33 bits per heavy atom. The van der Waals surface area contributed by atoms with Gasteiger partial charge in [0, 0.05) is 16.7 Å². The van der Waals surface area contributed by atoms with Gasteiger partial charge < -0.3 is 9.47 Å². The van der Waals surface area contributed by atoms with Crippen LogP contribution in [-0.2, 0) is 30.5 Å². The van der Waals surface area contributed by atoms with Crippen molar-refractivity contribution in [3.05, 3.63) is 47.5 Å². The Balaban J connectivity index is 1.24. The number of esters is 1. The van der Waals surface area contributed by atoms with Crippen LogP contribution in [0, 0.1) is 50.2 Å². The number of epoxide rings is 1. The lowest BCUT2D eigenvalue weighted by molar-refractivity contribution is -0.186. The van der Waals surface area contributed by atoms with Gasteiger partial charge in [0.05, 0.1) is 11.5 Å². The normalized spacial score (nSPS) is 48.5. The summed E-state index contributed by atoms with van der Waals surface area (Å²) in [5.41, 5.74) is 0.545. The van der Waals surface area contributed by atoms with E-state index >= 15 is 0 Å². The molecule has 0 bridgehead atoms. The van der Waals surface area contributed by atoms with Crippen LogP contribution in [0.2, 0.25) is 0 Å². The Kier molecular flexibility index (Phi) is 5.88. The van der Waals surface area contributed by atoms with Gasteiger partial charge in [-0.25, -0.2) is 0 Å². The fraction of sp³-hybridized carbons (Fsp3) is 0.703. The molecule has 42 heavy (non-hydrogen) atoms. The number of carbonyl (C=O) groups is 3. The molecular formula is C37H48O5. The third-order valence-electron chi connectivity index (χ3n) is 14.3. The number of hydrogen-bond acceptors (Lipinski definition) is 5. The Hall–Kier alpha value is -2.27. The van der Waals surface area contributed by atoms with Gasteiger partial charge in [0.2, 0.25) is 0 Å². The molecule has 4 saturated carbocycles. The van der Waals surface area contributed by atoms with E-state index in [9.17, 15) is 14.4 Å². The van der Waals surface area contributed by atoms with Gasteiger partial charge in [0.1, 0.15) is 12.7 Å². The van der Waals surface area contributed by atoms with Crippen LogP contribution in [0.3, 0.4) is 0 Å². The number of ketones is 2. The van der Waals surface area contributed by atoms with Crippen molar-refractivity contribution in [1.29, 1.82) is 0 Å². The molecule has 0 spiro atoms. The lowest BCUT2D eigenvalue weighted by Crippen LogP contribution is -2.68. The molecule has 7 rings (SSSR count). The van der Waals surface area contributed by atoms with E-state index in [1.165, 1.54) is 5.57 Å². The number of carbonyl (C=O) groups excluding carboxylic acids is 3. The van der Waals surface area contributed by atoms with Crippen molar-refractivity contribution in [3.8, 4) is 0 Å². The van der Waals surface area contributed by atoms with E-state index in [0.717, 1.165) is 50.5 Å². The molecule has 5 aliphatic carbocycles. The molecule has 10 atom stereocenters. The summed E-state index contributed by atoms with van der Waals surface area (Å²) in [4.78, 5) is 41.5. The lowest BCUT2D eigenvalue weighted by atomic mass is 9.33. The third kappa shape index (κ3) is 3.49. The van der Waals surface area contributed by atoms with Gasteiger partial charge in [-0.15, -0.1) is 0 Å². The van der Waals surface area contributed by atoms with Gasteiger partial charge in [-0.05, 0) is 91.6 Å². The number of ether oxygens (including phenoxy) is 2. The zero-order chi connectivity index (χ0) is 30.1. The predicted molar refractivity (Wildman–Crippen MR) is 160 cm³/mol. The number of fused-ring (bicyclic) bond motifs is 9. The summed E-state index contributed by atoms with van der Waals surface area (Å²) >= 11 is 0. The number of hydrogen-bond donors (Lipinski definition) is 0. The maximum Gasteiger partial charge on any atom is 0.312 e. The highest BCUT2D eigenvalue weighted by molar-refractivity contribution is 5.98. The second kappa shape index (κ2) is 8.67. The maximum atomic E-state index is 14.6. The molecular weight excluding hydrogens is 524 g/mol. The zero-order valence-corrected chi connectivity index (χ0v) is 26.5. The van der Waals surface area contributed by atoms with Crippen LogP contribution in [-0.4, -0.2) is 29.7 Å². The zero-order valence-electron chi connectivity index (χ0n) is 26.5. The lowest BCUT2D eigenvalue weighted by Gasteiger charge is -2.69. The second-order valence-electron chi connectivity index (χ2n) is 16.7. The average molecular weight is 573 g/mol. The number of benzene rings is 1. The first kappa shape index (κ1) is 28.5. The summed E-state index contributed by atoms with van der Waals surface area (Å²) in [5, 5.41) is 0. The van der Waals surface area contributed by atoms with Gasteiger partial charge in [0.25, 0.3) is 0 Å². The highest BCUT2D eigenvalue weighted by Crippen LogP contribution is 2.76. The monoisotopic (exact) mass is 572 g/mol. The minimum absolute atomic E-state index is 0.0685. The van der Waals surface area contributed by atoms with Crippen LogP contribution in [0.1, 0.15) is 99.0 Å². The van der Waals surface area contributed by atoms with E-state index in [1.54, 1.807) is 0 Å². The van der Waals surface area contributed by atoms with Crippen LogP contribution in [0.5, 0.6) is 0 Å². The van der Waals surface area contributed by atoms with E-state index in [-0.39, 0.29) is 69.2 Å². The van der Waals surface area contributed by atoms with Crippen LogP contribution in [0.4, 0.5) is 0 Å². The van der Waals surface area contributed by atoms with Gasteiger partial charge in [-0.1, -0.05) is 77.4 Å². The SMILES string of the molecule is CC1(C)C(=O)[C@H]2O[C@H]2[C@@]2(C)C1CC[C@]1(C)C2C(=O)C=C2C3C[C@@](C)(C(=O)OCc4ccccc4)CC[C@]3(C)CC[C@]21C. The van der Waals surface area contributed by atoms with Crippen molar-refractivity contribution >= 4 is 17.5 Å². The minimum Gasteiger partial charge on any atom is -0.460 e. The fourth-order valence-electron chi connectivity index (χ4n) is 11.4. The van der Waals surface area contributed by atoms with E-state index in [2.05, 4.69) is 48.5 Å². The third-order valence-corrected chi connectivity index (χ3v) is 14.3. The molecule has 5 nitrogen and oxygen atoms in total. The molecule has 1 aromatic carbocycles. The number of allylic oxidation sites excluding steroid dienone is 2. The molecule has 1 aromatic rings. The molecule has 5 heteroatoms. The van der Waals surface area contributed by atoms with Gasteiger partial charge >= 0.3 is 5.97 Å². The largest absolute Gasteiger partial charge is 0.460 e.